The van der Waals surface area contributed by atoms with E-state index < -0.39 is 27.6 Å². The summed E-state index contributed by atoms with van der Waals surface area (Å²) in [6.45, 7) is 1.91. The second-order valence-corrected chi connectivity index (χ2v) is 7.14. The van der Waals surface area contributed by atoms with Crippen molar-refractivity contribution in [2.45, 2.75) is 13.3 Å². The Bertz CT molecular complexity index is 622. The van der Waals surface area contributed by atoms with Gasteiger partial charge >= 0.3 is 0 Å². The maximum absolute atomic E-state index is 11.8. The smallest absolute Gasteiger partial charge is 0.269 e. The zero-order chi connectivity index (χ0) is 14.8. The van der Waals surface area contributed by atoms with Gasteiger partial charge in [0.1, 0.15) is 0 Å². The molecule has 0 spiro atoms. The minimum atomic E-state index is -3.11. The zero-order valence-electron chi connectivity index (χ0n) is 11.0. The maximum atomic E-state index is 11.8. The van der Waals surface area contributed by atoms with Gasteiger partial charge in [-0.15, -0.1) is 0 Å². The summed E-state index contributed by atoms with van der Waals surface area (Å²) in [7, 11) is -3.11. The number of hydrogen-bond acceptors (Lipinski definition) is 4. The summed E-state index contributed by atoms with van der Waals surface area (Å²) in [5, 5.41) is 0. The normalized spacial score (nSPS) is 20.4. The van der Waals surface area contributed by atoms with E-state index in [9.17, 15) is 18.0 Å². The Morgan fingerprint density at radius 2 is 1.80 bits per heavy atom. The van der Waals surface area contributed by atoms with Crippen LogP contribution in [-0.4, -0.2) is 31.7 Å². The van der Waals surface area contributed by atoms with Crippen LogP contribution in [0.2, 0.25) is 0 Å². The summed E-state index contributed by atoms with van der Waals surface area (Å²) in [6.07, 6.45) is 0.300. The molecule has 1 fully saturated rings. The molecule has 1 saturated heterocycles. The van der Waals surface area contributed by atoms with Gasteiger partial charge in [0.15, 0.2) is 9.84 Å². The third-order valence-electron chi connectivity index (χ3n) is 3.22. The van der Waals surface area contributed by atoms with Crippen molar-refractivity contribution < 1.29 is 18.0 Å². The highest BCUT2D eigenvalue weighted by Crippen LogP contribution is 2.18. The van der Waals surface area contributed by atoms with E-state index in [2.05, 4.69) is 10.9 Å². The molecule has 20 heavy (non-hydrogen) atoms. The summed E-state index contributed by atoms with van der Waals surface area (Å²) in [6, 6.07) is 6.88. The number of hydrazine groups is 1. The van der Waals surface area contributed by atoms with E-state index in [0.29, 0.717) is 12.0 Å². The molecule has 0 unspecified atom stereocenters. The van der Waals surface area contributed by atoms with Crippen LogP contribution in [0.15, 0.2) is 24.3 Å². The van der Waals surface area contributed by atoms with Crippen LogP contribution in [0, 0.1) is 12.8 Å². The number of carbonyl (C=O) groups is 2. The topological polar surface area (TPSA) is 92.3 Å². The van der Waals surface area contributed by atoms with Gasteiger partial charge in [-0.1, -0.05) is 17.7 Å². The Kier molecular flexibility index (Phi) is 4.08. The van der Waals surface area contributed by atoms with Gasteiger partial charge in [-0.25, -0.2) is 8.42 Å². The fourth-order valence-electron chi connectivity index (χ4n) is 2.00. The quantitative estimate of drug-likeness (QED) is 0.762. The Morgan fingerprint density at radius 1 is 1.15 bits per heavy atom. The summed E-state index contributed by atoms with van der Waals surface area (Å²) < 4.78 is 22.5. The van der Waals surface area contributed by atoms with Crippen LogP contribution in [0.3, 0.4) is 0 Å². The SMILES string of the molecule is Cc1ccc(C(=O)NNC(=O)[C@@H]2CCS(=O)(=O)C2)cc1. The summed E-state index contributed by atoms with van der Waals surface area (Å²) >= 11 is 0. The zero-order valence-corrected chi connectivity index (χ0v) is 11.9. The van der Waals surface area contributed by atoms with Gasteiger partial charge < -0.3 is 0 Å². The minimum absolute atomic E-state index is 0.0248. The van der Waals surface area contributed by atoms with E-state index in [1.165, 1.54) is 0 Å². The van der Waals surface area contributed by atoms with E-state index in [1.807, 2.05) is 6.92 Å². The standard InChI is InChI=1S/C13H16N2O4S/c1-9-2-4-10(5-3-9)12(16)14-15-13(17)11-6-7-20(18,19)8-11/h2-5,11H,6-8H2,1H3,(H,14,16)(H,15,17)/t11-/m1/s1. The Labute approximate surface area is 117 Å². The number of benzene rings is 1. The number of sulfone groups is 1. The first-order valence-corrected chi connectivity index (χ1v) is 8.07. The van der Waals surface area contributed by atoms with Gasteiger partial charge in [0.2, 0.25) is 5.91 Å². The Balaban J connectivity index is 1.87. The monoisotopic (exact) mass is 296 g/mol. The Morgan fingerprint density at radius 3 is 2.35 bits per heavy atom. The largest absolute Gasteiger partial charge is 0.273 e. The van der Waals surface area contributed by atoms with E-state index in [0.717, 1.165) is 5.56 Å². The molecule has 1 heterocycles. The van der Waals surface area contributed by atoms with Crippen LogP contribution in [0.4, 0.5) is 0 Å². The fourth-order valence-corrected chi connectivity index (χ4v) is 3.74. The average Bonchev–Trinajstić information content (AvgIpc) is 2.77. The molecule has 1 aliphatic heterocycles. The average molecular weight is 296 g/mol. The van der Waals surface area contributed by atoms with Crippen LogP contribution < -0.4 is 10.9 Å². The molecule has 0 bridgehead atoms. The molecule has 6 nitrogen and oxygen atoms in total. The molecule has 108 valence electrons. The molecule has 7 heteroatoms. The summed E-state index contributed by atoms with van der Waals surface area (Å²) in [5.74, 6) is -1.61. The van der Waals surface area contributed by atoms with Crippen molar-refractivity contribution in [2.24, 2.45) is 5.92 Å². The number of nitrogens with one attached hydrogen (secondary N) is 2. The highest BCUT2D eigenvalue weighted by molar-refractivity contribution is 7.91. The lowest BCUT2D eigenvalue weighted by atomic mass is 10.1. The van der Waals surface area contributed by atoms with Crippen molar-refractivity contribution in [2.75, 3.05) is 11.5 Å². The summed E-state index contributed by atoms with van der Waals surface area (Å²) in [4.78, 5) is 23.5. The number of rotatable bonds is 2. The van der Waals surface area contributed by atoms with Gasteiger partial charge in [0.25, 0.3) is 5.91 Å². The molecule has 1 aliphatic rings. The second-order valence-electron chi connectivity index (χ2n) is 4.91. The first-order chi connectivity index (χ1) is 9.37. The number of carbonyl (C=O) groups excluding carboxylic acids is 2. The van der Waals surface area contributed by atoms with Gasteiger partial charge in [-0.3, -0.25) is 20.4 Å². The molecular weight excluding hydrogens is 280 g/mol. The van der Waals surface area contributed by atoms with Gasteiger partial charge in [-0.2, -0.15) is 0 Å². The molecule has 0 radical (unpaired) electrons. The molecule has 0 saturated carbocycles. The molecule has 0 aromatic heterocycles. The predicted octanol–water partition coefficient (Wildman–Crippen LogP) is 0.191. The third kappa shape index (κ3) is 3.57. The molecule has 2 amide bonds. The van der Waals surface area contributed by atoms with Gasteiger partial charge in [-0.05, 0) is 25.5 Å². The van der Waals surface area contributed by atoms with E-state index >= 15 is 0 Å². The molecule has 2 rings (SSSR count). The van der Waals surface area contributed by atoms with Crippen molar-refractivity contribution in [1.82, 2.24) is 10.9 Å². The molecule has 0 aliphatic carbocycles. The van der Waals surface area contributed by atoms with E-state index in [1.54, 1.807) is 24.3 Å². The van der Waals surface area contributed by atoms with Crippen LogP contribution in [0.25, 0.3) is 0 Å². The van der Waals surface area contributed by atoms with E-state index in [-0.39, 0.29) is 11.5 Å². The van der Waals surface area contributed by atoms with Crippen LogP contribution in [0.1, 0.15) is 22.3 Å². The van der Waals surface area contributed by atoms with Crippen molar-refractivity contribution >= 4 is 21.7 Å². The third-order valence-corrected chi connectivity index (χ3v) is 4.98. The van der Waals surface area contributed by atoms with Crippen LogP contribution in [-0.2, 0) is 14.6 Å². The minimum Gasteiger partial charge on any atom is -0.273 e. The first-order valence-electron chi connectivity index (χ1n) is 6.25. The lowest BCUT2D eigenvalue weighted by molar-refractivity contribution is -0.125. The molecule has 1 aromatic carbocycles. The van der Waals surface area contributed by atoms with Crippen LogP contribution in [0.5, 0.6) is 0 Å². The number of hydrogen-bond donors (Lipinski definition) is 2. The Hall–Kier alpha value is -1.89. The predicted molar refractivity (Wildman–Crippen MR) is 73.5 cm³/mol. The lowest BCUT2D eigenvalue weighted by Gasteiger charge is -2.10. The summed E-state index contributed by atoms with van der Waals surface area (Å²) in [5.41, 5.74) is 6.02. The van der Waals surface area contributed by atoms with Gasteiger partial charge in [0.05, 0.1) is 17.4 Å². The first kappa shape index (κ1) is 14.5. The number of aryl methyl sites for hydroxylation is 1. The highest BCUT2D eigenvalue weighted by atomic mass is 32.2. The molecule has 2 N–H and O–H groups in total. The van der Waals surface area contributed by atoms with E-state index in [4.69, 9.17) is 0 Å². The van der Waals surface area contributed by atoms with Crippen molar-refractivity contribution in [3.05, 3.63) is 35.4 Å². The number of amides is 2. The van der Waals surface area contributed by atoms with Crippen molar-refractivity contribution in [3.8, 4) is 0 Å². The maximum Gasteiger partial charge on any atom is 0.269 e. The second kappa shape index (κ2) is 5.62. The van der Waals surface area contributed by atoms with Crippen LogP contribution >= 0.6 is 0 Å². The molecular formula is C13H16N2O4S. The van der Waals surface area contributed by atoms with Gasteiger partial charge in [0, 0.05) is 5.56 Å². The highest BCUT2D eigenvalue weighted by Gasteiger charge is 2.33. The van der Waals surface area contributed by atoms with Crippen molar-refractivity contribution in [1.29, 1.82) is 0 Å². The lowest BCUT2D eigenvalue weighted by Crippen LogP contribution is -2.44. The molecule has 1 atom stereocenters. The fraction of sp³-hybridized carbons (Fsp3) is 0.385. The molecule has 1 aromatic rings. The van der Waals surface area contributed by atoms with Crippen molar-refractivity contribution in [3.63, 3.8) is 0 Å².